The normalized spacial score (nSPS) is 12.0. The third-order valence-corrected chi connectivity index (χ3v) is 22.3. The molecule has 130 heavy (non-hydrogen) atoms. The highest BCUT2D eigenvalue weighted by Gasteiger charge is 2.28. The van der Waals surface area contributed by atoms with Crippen LogP contribution in [0.15, 0.2) is 239 Å². The van der Waals surface area contributed by atoms with E-state index in [1.165, 1.54) is 71.6 Å². The molecule has 0 heterocycles. The fourth-order valence-corrected chi connectivity index (χ4v) is 10.2. The van der Waals surface area contributed by atoms with Crippen molar-refractivity contribution < 1.29 is 66.8 Å². The molecule has 0 saturated heterocycles. The van der Waals surface area contributed by atoms with Crippen LogP contribution in [0.1, 0.15) is 311 Å². The lowest BCUT2D eigenvalue weighted by atomic mass is 9.91. The van der Waals surface area contributed by atoms with Crippen LogP contribution in [0.4, 0.5) is 0 Å². The maximum Gasteiger partial charge on any atom is 0.333 e. The fraction of sp³-hybridized carbons (Fsp3) is 0.518. The van der Waals surface area contributed by atoms with Crippen molar-refractivity contribution in [1.29, 1.82) is 0 Å². The minimum atomic E-state index is -0.508. The third kappa shape index (κ3) is 65.1. The summed E-state index contributed by atoms with van der Waals surface area (Å²) in [6.45, 7) is 69.4. The number of hydrogen-bond acceptors (Lipinski definition) is 16. The fourth-order valence-electron chi connectivity index (χ4n) is 10.2. The molecule has 0 fully saturated rings. The van der Waals surface area contributed by atoms with Crippen LogP contribution in [-0.2, 0) is 73.4 Å². The Labute approximate surface area is 789 Å². The van der Waals surface area contributed by atoms with E-state index in [2.05, 4.69) is 295 Å². The van der Waals surface area contributed by atoms with Gasteiger partial charge in [-0.15, -0.1) is 6.58 Å². The summed E-state index contributed by atoms with van der Waals surface area (Å²) in [5, 5.41) is 5.36. The van der Waals surface area contributed by atoms with Crippen molar-refractivity contribution in [2.45, 2.75) is 278 Å². The van der Waals surface area contributed by atoms with E-state index in [1.54, 1.807) is 13.1 Å². The van der Waals surface area contributed by atoms with Gasteiger partial charge in [0.1, 0.15) is 33.0 Å². The number of rotatable bonds is 44. The lowest BCUT2D eigenvalue weighted by molar-refractivity contribution is -0.155. The second kappa shape index (κ2) is 79.5. The van der Waals surface area contributed by atoms with Gasteiger partial charge < -0.3 is 44.0 Å². The second-order valence-corrected chi connectivity index (χ2v) is 33.7. The molecule has 18 heteroatoms. The van der Waals surface area contributed by atoms with E-state index in [4.69, 9.17) is 28.4 Å². The number of likely N-dealkylation sites (N-methyl/N-ethyl adjacent to an activating group) is 2. The molecule has 0 bridgehead atoms. The first-order valence-corrected chi connectivity index (χ1v) is 47.2. The summed E-state index contributed by atoms with van der Waals surface area (Å²) in [4.78, 5) is 93.5. The molecule has 0 aliphatic heterocycles. The molecule has 0 aliphatic carbocycles. The monoisotopic (exact) mass is 1800 g/mol. The Hall–Kier alpha value is -10.5. The van der Waals surface area contributed by atoms with E-state index < -0.39 is 11.9 Å². The first-order valence-electron chi connectivity index (χ1n) is 47.2. The first kappa shape index (κ1) is 126. The van der Waals surface area contributed by atoms with E-state index in [9.17, 15) is 38.4 Å². The zero-order chi connectivity index (χ0) is 99.3. The topological polar surface area (TPSA) is 222 Å². The minimum Gasteiger partial charge on any atom is -0.464 e. The molecule has 6 aromatic rings. The number of carbonyl (C=O) groups is 8. The number of nitrogens with one attached hydrogen (secondary N) is 2. The maximum atomic E-state index is 11.6. The predicted molar refractivity (Wildman–Crippen MR) is 544 cm³/mol. The molecule has 8 unspecified atom stereocenters. The van der Waals surface area contributed by atoms with Gasteiger partial charge in [-0.05, 0) is 193 Å². The molecule has 0 saturated carbocycles. The van der Waals surface area contributed by atoms with Gasteiger partial charge in [-0.1, -0.05) is 333 Å². The van der Waals surface area contributed by atoms with Crippen LogP contribution < -0.4 is 10.6 Å². The summed E-state index contributed by atoms with van der Waals surface area (Å²) in [6.07, 6.45) is 16.8. The Morgan fingerprint density at radius 2 is 0.692 bits per heavy atom. The summed E-state index contributed by atoms with van der Waals surface area (Å²) in [5.41, 5.74) is 9.20. The zero-order valence-electron chi connectivity index (χ0n) is 85.1. The van der Waals surface area contributed by atoms with Gasteiger partial charge in [0.15, 0.2) is 0 Å². The molecule has 2 N–H and O–H groups in total. The predicted octanol–water partition coefficient (Wildman–Crippen LogP) is 26.0. The van der Waals surface area contributed by atoms with E-state index in [1.807, 2.05) is 106 Å². The highest BCUT2D eigenvalue weighted by molar-refractivity contribution is 5.87. The van der Waals surface area contributed by atoms with Gasteiger partial charge in [0.2, 0.25) is 11.8 Å². The molecule has 8 atom stereocenters. The molecule has 18 nitrogen and oxygen atoms in total. The summed E-state index contributed by atoms with van der Waals surface area (Å²) in [5.74, 6) is 2.10. The van der Waals surface area contributed by atoms with Crippen molar-refractivity contribution in [3.63, 3.8) is 0 Å². The van der Waals surface area contributed by atoms with Crippen molar-refractivity contribution in [2.24, 2.45) is 22.7 Å². The Kier molecular flexibility index (Phi) is 76.9. The molecule has 726 valence electrons. The van der Waals surface area contributed by atoms with Crippen LogP contribution in [-0.4, -0.2) is 137 Å². The first-order chi connectivity index (χ1) is 61.7. The second-order valence-electron chi connectivity index (χ2n) is 33.7. The van der Waals surface area contributed by atoms with Crippen LogP contribution in [0.3, 0.4) is 0 Å². The molecular weight excluding hydrogens is 1630 g/mol. The summed E-state index contributed by atoms with van der Waals surface area (Å²) < 4.78 is 29.7. The van der Waals surface area contributed by atoms with E-state index >= 15 is 0 Å². The van der Waals surface area contributed by atoms with E-state index in [-0.39, 0.29) is 84.6 Å². The standard InChI is InChI=1S/C14H23NO5.C14H18O2.C12H23NO2.C11H19NO3.C11H21NO2.5C10H14/c1-4-11(3)14(18)15-8-10-20-13(17)7-6-9-19-12(16)5-2;1-4-11(3)13-8-6-12(7-9-13)10-16-14(15)5-2;1-6-8-13(5)9-10-15-11(14)12(3,4)7-2;1-5-9(4)10(13)12-6-7-15-11(14)8(2)3;1-6-11(3,4)10(13)14-9-8-12(5)7-2;5*1-3-9(2)10-7-5-4-6-8-10/h5,11H,2,4,6-10H2,1,3H3,(H,15,18);5-9,11H,2,4,10H2,1,3H3;6H,1,7-10H2,2-5H3;9H,2,5-7H2,1,3-4H3,(H,12,13);7H,2,6,8-9H2,1,3-5H3;5*4-9H,3H2,1-2H3. The van der Waals surface area contributed by atoms with E-state index in [0.29, 0.717) is 87.0 Å². The number of ether oxygens (including phenoxy) is 6. The Bertz CT molecular complexity index is 3660. The third-order valence-electron chi connectivity index (χ3n) is 22.3. The highest BCUT2D eigenvalue weighted by atomic mass is 16.6. The number of amides is 2. The van der Waals surface area contributed by atoms with Gasteiger partial charge in [-0.2, -0.15) is 0 Å². The SMILES string of the molecule is C=C(C)C(=O)OCCNC(=O)C(C)CC.C=CC(=O)OCCCC(=O)OCCNC(=O)C(C)CC.C=CC(=O)OCc1ccc(C(C)CC)cc1.C=CCN(C)CCOC(=O)C(C)(C)CC.C=CN(C)CCOC(=O)C(C)(C)CC.CCC(C)c1ccccc1.CCC(C)c1ccccc1.CCC(C)c1ccccc1.CCC(C)c1ccccc1.CCC(C)c1ccccc1. The smallest absolute Gasteiger partial charge is 0.333 e. The molecule has 6 rings (SSSR count). The minimum absolute atomic E-state index is 0.00171. The van der Waals surface area contributed by atoms with Crippen molar-refractivity contribution in [1.82, 2.24) is 20.4 Å². The van der Waals surface area contributed by atoms with Gasteiger partial charge >= 0.3 is 35.8 Å². The molecular formula is C112H174N4O14. The molecule has 2 amide bonds. The molecule has 6 aromatic carbocycles. The van der Waals surface area contributed by atoms with Gasteiger partial charge in [-0.25, -0.2) is 14.4 Å². The molecule has 0 aromatic heterocycles. The van der Waals surface area contributed by atoms with Crippen molar-refractivity contribution in [2.75, 3.05) is 79.9 Å². The summed E-state index contributed by atoms with van der Waals surface area (Å²) >= 11 is 0. The quantitative estimate of drug-likeness (QED) is 0.0119. The number of benzene rings is 6. The van der Waals surface area contributed by atoms with Crippen LogP contribution in [0, 0.1) is 22.7 Å². The maximum absolute atomic E-state index is 11.6. The summed E-state index contributed by atoms with van der Waals surface area (Å²) in [6, 6.07) is 61.4. The Morgan fingerprint density at radius 3 is 0.977 bits per heavy atom. The van der Waals surface area contributed by atoms with Crippen LogP contribution in [0.25, 0.3) is 0 Å². The Morgan fingerprint density at radius 1 is 0.385 bits per heavy atom. The lowest BCUT2D eigenvalue weighted by Gasteiger charge is -2.21. The van der Waals surface area contributed by atoms with Crippen LogP contribution in [0.2, 0.25) is 0 Å². The lowest BCUT2D eigenvalue weighted by Crippen LogP contribution is -2.32. The van der Waals surface area contributed by atoms with Crippen LogP contribution >= 0.6 is 0 Å². The molecule has 0 radical (unpaired) electrons. The number of carbonyl (C=O) groups excluding carboxylic acids is 8. The average Bonchev–Trinajstić information content (AvgIpc) is 0.900. The Balaban J connectivity index is -0.000000684. The van der Waals surface area contributed by atoms with Gasteiger partial charge in [0.25, 0.3) is 0 Å². The van der Waals surface area contributed by atoms with Crippen molar-refractivity contribution in [3.05, 3.63) is 278 Å². The average molecular weight is 1800 g/mol. The number of nitrogens with zero attached hydrogens (tertiary/aromatic N) is 2. The number of esters is 6. The van der Waals surface area contributed by atoms with Crippen molar-refractivity contribution >= 4 is 47.6 Å². The summed E-state index contributed by atoms with van der Waals surface area (Å²) in [7, 11) is 3.87. The van der Waals surface area contributed by atoms with Crippen LogP contribution in [0.5, 0.6) is 0 Å². The highest BCUT2D eigenvalue weighted by Crippen LogP contribution is 2.25. The van der Waals surface area contributed by atoms with E-state index in [0.717, 1.165) is 56.8 Å². The zero-order valence-corrected chi connectivity index (χ0v) is 85.1. The molecule has 0 aliphatic rings. The van der Waals surface area contributed by atoms with Gasteiger partial charge in [0.05, 0.1) is 37.1 Å². The van der Waals surface area contributed by atoms with Gasteiger partial charge in [-0.3, -0.25) is 28.9 Å². The van der Waals surface area contributed by atoms with Gasteiger partial charge in [0, 0.05) is 56.1 Å². The number of hydrogen-bond donors (Lipinski definition) is 2. The molecule has 0 spiro atoms. The van der Waals surface area contributed by atoms with Crippen molar-refractivity contribution in [3.8, 4) is 0 Å². The largest absolute Gasteiger partial charge is 0.464 e.